The van der Waals surface area contributed by atoms with Crippen LogP contribution in [0.2, 0.25) is 0 Å². The molecule has 1 atom stereocenters. The smallest absolute Gasteiger partial charge is 0.303 e. The molecule has 0 aliphatic rings. The van der Waals surface area contributed by atoms with E-state index in [1.54, 1.807) is 6.33 Å². The van der Waals surface area contributed by atoms with Crippen molar-refractivity contribution in [3.63, 3.8) is 0 Å². The Bertz CT molecular complexity index is 455. The van der Waals surface area contributed by atoms with Gasteiger partial charge in [0, 0.05) is 24.7 Å². The molecule has 1 aromatic rings. The van der Waals surface area contributed by atoms with Gasteiger partial charge in [0.1, 0.15) is 12.1 Å². The number of aromatic nitrogens is 2. The molecule has 0 aliphatic heterocycles. The van der Waals surface area contributed by atoms with Crippen molar-refractivity contribution in [1.82, 2.24) is 9.97 Å². The zero-order valence-electron chi connectivity index (χ0n) is 13.5. The second kappa shape index (κ2) is 7.96. The summed E-state index contributed by atoms with van der Waals surface area (Å²) in [6.07, 6.45) is 4.34. The molecule has 0 aromatic carbocycles. The molecule has 0 spiro atoms. The Hall–Kier alpha value is -1.65. The van der Waals surface area contributed by atoms with E-state index in [0.717, 1.165) is 30.9 Å². The molecule has 1 aromatic heterocycles. The number of hydrogen-bond acceptors (Lipinski definition) is 4. The highest BCUT2D eigenvalue weighted by Gasteiger charge is 2.24. The SMILES string of the molecule is CCc1cc(NCCC(CCC(=O)O)C(C)(C)C)ncn1. The molecule has 5 heteroatoms. The lowest BCUT2D eigenvalue weighted by atomic mass is 9.76. The number of aryl methyl sites for hydroxylation is 1. The van der Waals surface area contributed by atoms with E-state index in [9.17, 15) is 4.79 Å². The molecular formula is C16H27N3O2. The van der Waals surface area contributed by atoms with Crippen LogP contribution in [0.3, 0.4) is 0 Å². The van der Waals surface area contributed by atoms with Crippen molar-refractivity contribution >= 4 is 11.8 Å². The first-order chi connectivity index (χ1) is 9.82. The second-order valence-corrected chi connectivity index (χ2v) is 6.46. The molecule has 1 heterocycles. The van der Waals surface area contributed by atoms with Gasteiger partial charge in [-0.05, 0) is 30.6 Å². The monoisotopic (exact) mass is 293 g/mol. The van der Waals surface area contributed by atoms with Crippen LogP contribution in [0.15, 0.2) is 12.4 Å². The van der Waals surface area contributed by atoms with Crippen LogP contribution >= 0.6 is 0 Å². The Labute approximate surface area is 127 Å². The molecule has 0 bridgehead atoms. The molecule has 21 heavy (non-hydrogen) atoms. The van der Waals surface area contributed by atoms with Crippen LogP contribution < -0.4 is 5.32 Å². The summed E-state index contributed by atoms with van der Waals surface area (Å²) in [5.74, 6) is 0.488. The van der Waals surface area contributed by atoms with Crippen LogP contribution in [-0.2, 0) is 11.2 Å². The third-order valence-electron chi connectivity index (χ3n) is 3.82. The fourth-order valence-corrected chi connectivity index (χ4v) is 2.37. The van der Waals surface area contributed by atoms with Crippen LogP contribution in [0, 0.1) is 11.3 Å². The summed E-state index contributed by atoms with van der Waals surface area (Å²) >= 11 is 0. The quantitative estimate of drug-likeness (QED) is 0.768. The Morgan fingerprint density at radius 3 is 2.62 bits per heavy atom. The first-order valence-electron chi connectivity index (χ1n) is 7.59. The molecule has 0 aliphatic carbocycles. The predicted molar refractivity (Wildman–Crippen MR) is 84.3 cm³/mol. The lowest BCUT2D eigenvalue weighted by Crippen LogP contribution is -2.24. The highest BCUT2D eigenvalue weighted by Crippen LogP contribution is 2.32. The second-order valence-electron chi connectivity index (χ2n) is 6.46. The van der Waals surface area contributed by atoms with Gasteiger partial charge in [0.2, 0.25) is 0 Å². The van der Waals surface area contributed by atoms with Gasteiger partial charge in [-0.25, -0.2) is 9.97 Å². The Morgan fingerprint density at radius 1 is 1.33 bits per heavy atom. The summed E-state index contributed by atoms with van der Waals surface area (Å²) in [4.78, 5) is 19.1. The van der Waals surface area contributed by atoms with Gasteiger partial charge in [-0.15, -0.1) is 0 Å². The largest absolute Gasteiger partial charge is 0.481 e. The number of anilines is 1. The molecular weight excluding hydrogens is 266 g/mol. The van der Waals surface area contributed by atoms with Gasteiger partial charge in [-0.3, -0.25) is 4.79 Å². The topological polar surface area (TPSA) is 75.1 Å². The van der Waals surface area contributed by atoms with Crippen molar-refractivity contribution in [2.24, 2.45) is 11.3 Å². The van der Waals surface area contributed by atoms with Crippen LogP contribution in [0.4, 0.5) is 5.82 Å². The van der Waals surface area contributed by atoms with Crippen LogP contribution in [0.25, 0.3) is 0 Å². The number of rotatable bonds is 8. The van der Waals surface area contributed by atoms with Gasteiger partial charge < -0.3 is 10.4 Å². The normalized spacial score (nSPS) is 13.0. The van der Waals surface area contributed by atoms with E-state index < -0.39 is 5.97 Å². The minimum Gasteiger partial charge on any atom is -0.481 e. The van der Waals surface area contributed by atoms with Gasteiger partial charge in [0.15, 0.2) is 0 Å². The van der Waals surface area contributed by atoms with Crippen molar-refractivity contribution in [3.8, 4) is 0 Å². The average Bonchev–Trinajstić information content (AvgIpc) is 2.41. The molecule has 0 fully saturated rings. The van der Waals surface area contributed by atoms with E-state index in [1.807, 2.05) is 6.07 Å². The van der Waals surface area contributed by atoms with Gasteiger partial charge >= 0.3 is 5.97 Å². The van der Waals surface area contributed by atoms with E-state index in [4.69, 9.17) is 5.11 Å². The molecule has 5 nitrogen and oxygen atoms in total. The van der Waals surface area contributed by atoms with E-state index in [2.05, 4.69) is 43.0 Å². The fraction of sp³-hybridized carbons (Fsp3) is 0.688. The van der Waals surface area contributed by atoms with Crippen LogP contribution in [-0.4, -0.2) is 27.6 Å². The summed E-state index contributed by atoms with van der Waals surface area (Å²) in [7, 11) is 0. The van der Waals surface area contributed by atoms with Gasteiger partial charge in [0.25, 0.3) is 0 Å². The molecule has 1 unspecified atom stereocenters. The van der Waals surface area contributed by atoms with Crippen molar-refractivity contribution in [2.75, 3.05) is 11.9 Å². The fourth-order valence-electron chi connectivity index (χ4n) is 2.37. The standard InChI is InChI=1S/C16H27N3O2/c1-5-13-10-14(19-11-18-13)17-9-8-12(16(2,3)4)6-7-15(20)21/h10-12H,5-9H2,1-4H3,(H,20,21)(H,17,18,19). The predicted octanol–water partition coefficient (Wildman–Crippen LogP) is 3.37. The number of carbonyl (C=O) groups is 1. The van der Waals surface area contributed by atoms with Gasteiger partial charge in [0.05, 0.1) is 0 Å². The summed E-state index contributed by atoms with van der Waals surface area (Å²) in [5.41, 5.74) is 1.13. The lowest BCUT2D eigenvalue weighted by Gasteiger charge is -2.30. The van der Waals surface area contributed by atoms with Crippen LogP contribution in [0.5, 0.6) is 0 Å². The minimum absolute atomic E-state index is 0.109. The number of aliphatic carboxylic acids is 1. The zero-order chi connectivity index (χ0) is 15.9. The maximum absolute atomic E-state index is 10.8. The Kier molecular flexibility index (Phi) is 6.59. The van der Waals surface area contributed by atoms with E-state index in [1.165, 1.54) is 0 Å². The average molecular weight is 293 g/mol. The van der Waals surface area contributed by atoms with Gasteiger partial charge in [-0.1, -0.05) is 27.7 Å². The zero-order valence-corrected chi connectivity index (χ0v) is 13.5. The number of hydrogen-bond donors (Lipinski definition) is 2. The number of carboxylic acids is 1. The van der Waals surface area contributed by atoms with Crippen LogP contribution in [0.1, 0.15) is 52.7 Å². The number of nitrogens with zero attached hydrogens (tertiary/aromatic N) is 2. The Morgan fingerprint density at radius 2 is 2.05 bits per heavy atom. The molecule has 2 N–H and O–H groups in total. The van der Waals surface area contributed by atoms with E-state index >= 15 is 0 Å². The highest BCUT2D eigenvalue weighted by atomic mass is 16.4. The van der Waals surface area contributed by atoms with Crippen molar-refractivity contribution in [3.05, 3.63) is 18.1 Å². The summed E-state index contributed by atoms with van der Waals surface area (Å²) in [5, 5.41) is 12.2. The lowest BCUT2D eigenvalue weighted by molar-refractivity contribution is -0.137. The van der Waals surface area contributed by atoms with Crippen molar-refractivity contribution in [1.29, 1.82) is 0 Å². The third-order valence-corrected chi connectivity index (χ3v) is 3.82. The van der Waals surface area contributed by atoms with Crippen molar-refractivity contribution < 1.29 is 9.90 Å². The van der Waals surface area contributed by atoms with Gasteiger partial charge in [-0.2, -0.15) is 0 Å². The first-order valence-corrected chi connectivity index (χ1v) is 7.59. The maximum Gasteiger partial charge on any atom is 0.303 e. The minimum atomic E-state index is -0.722. The third kappa shape index (κ3) is 6.56. The molecule has 0 radical (unpaired) electrons. The maximum atomic E-state index is 10.8. The summed E-state index contributed by atoms with van der Waals surface area (Å²) < 4.78 is 0. The first kappa shape index (κ1) is 17.4. The number of carboxylic acid groups (broad SMARTS) is 1. The molecule has 0 saturated carbocycles. The molecule has 1 rings (SSSR count). The Balaban J connectivity index is 2.50. The summed E-state index contributed by atoms with van der Waals surface area (Å²) in [6, 6.07) is 1.96. The number of nitrogens with one attached hydrogen (secondary N) is 1. The summed E-state index contributed by atoms with van der Waals surface area (Å²) in [6.45, 7) is 9.35. The molecule has 0 saturated heterocycles. The van der Waals surface area contributed by atoms with E-state index in [-0.39, 0.29) is 11.8 Å². The molecule has 118 valence electrons. The highest BCUT2D eigenvalue weighted by molar-refractivity contribution is 5.66. The van der Waals surface area contributed by atoms with Crippen molar-refractivity contribution in [2.45, 2.75) is 53.4 Å². The van der Waals surface area contributed by atoms with E-state index in [0.29, 0.717) is 12.3 Å². The molecule has 0 amide bonds.